The van der Waals surface area contributed by atoms with Crippen molar-refractivity contribution in [2.45, 2.75) is 61.8 Å². The van der Waals surface area contributed by atoms with Gasteiger partial charge in [-0.25, -0.2) is 8.42 Å². The quantitative estimate of drug-likeness (QED) is 0.0391. The molecule has 4 aromatic rings. The Kier molecular flexibility index (Phi) is 14.8. The summed E-state index contributed by atoms with van der Waals surface area (Å²) in [6.07, 6.45) is 0.952. The molecule has 0 saturated carbocycles. The van der Waals surface area contributed by atoms with Gasteiger partial charge in [0.15, 0.2) is 5.96 Å². The van der Waals surface area contributed by atoms with E-state index < -0.39 is 69.7 Å². The van der Waals surface area contributed by atoms with Gasteiger partial charge in [-0.2, -0.15) is 17.9 Å². The number of fused-ring (bicyclic) bond motifs is 1. The summed E-state index contributed by atoms with van der Waals surface area (Å²) in [4.78, 5) is 61.1. The Morgan fingerprint density at radius 2 is 1.29 bits per heavy atom. The summed E-state index contributed by atoms with van der Waals surface area (Å²) in [6.45, 7) is 0.0481. The second-order valence-electron chi connectivity index (χ2n) is 12.7. The van der Waals surface area contributed by atoms with Crippen LogP contribution in [0.25, 0.3) is 10.9 Å². The molecule has 11 N–H and O–H groups in total. The Labute approximate surface area is 325 Å². The molecule has 0 radical (unpaired) electrons. The molecule has 56 heavy (non-hydrogen) atoms. The molecule has 15 nitrogen and oxygen atoms in total. The van der Waals surface area contributed by atoms with E-state index in [0.29, 0.717) is 11.1 Å². The van der Waals surface area contributed by atoms with Crippen LogP contribution in [0.3, 0.4) is 0 Å². The maximum absolute atomic E-state index is 14.0. The highest BCUT2D eigenvalue weighted by atomic mass is 35.5. The van der Waals surface area contributed by atoms with Crippen molar-refractivity contribution in [1.82, 2.24) is 25.7 Å². The van der Waals surface area contributed by atoms with Gasteiger partial charge in [-0.15, -0.1) is 0 Å². The zero-order valence-electron chi connectivity index (χ0n) is 29.7. The van der Waals surface area contributed by atoms with Crippen LogP contribution in [0.15, 0.2) is 90.1 Å². The number of amides is 4. The second-order valence-corrected chi connectivity index (χ2v) is 14.9. The molecule has 3 aromatic carbocycles. The van der Waals surface area contributed by atoms with E-state index in [2.05, 4.69) is 25.9 Å². The second kappa shape index (κ2) is 19.3. The first kappa shape index (κ1) is 43.1. The molecule has 0 saturated heterocycles. The molecule has 1 aromatic heterocycles. The zero-order chi connectivity index (χ0) is 41.0. The van der Waals surface area contributed by atoms with Crippen LogP contribution in [0.1, 0.15) is 29.5 Å². The Morgan fingerprint density at radius 3 is 1.93 bits per heavy atom. The first-order valence-electron chi connectivity index (χ1n) is 17.1. The molecule has 4 amide bonds. The van der Waals surface area contributed by atoms with Crippen LogP contribution in [0, 0.1) is 0 Å². The van der Waals surface area contributed by atoms with Gasteiger partial charge in [-0.1, -0.05) is 72.3 Å². The van der Waals surface area contributed by atoms with Crippen molar-refractivity contribution in [2.75, 3.05) is 6.54 Å². The molecular weight excluding hydrogens is 779 g/mol. The first-order chi connectivity index (χ1) is 26.4. The molecule has 0 unspecified atom stereocenters. The summed E-state index contributed by atoms with van der Waals surface area (Å²) >= 11 is 5.92. The molecule has 0 aliphatic heterocycles. The number of para-hydroxylation sites is 1. The van der Waals surface area contributed by atoms with Gasteiger partial charge in [0.25, 0.3) is 0 Å². The third-order valence-corrected chi connectivity index (χ3v) is 9.98. The van der Waals surface area contributed by atoms with Gasteiger partial charge in [0.05, 0.1) is 0 Å². The topological polar surface area (TPSA) is 257 Å². The van der Waals surface area contributed by atoms with E-state index in [1.54, 1.807) is 42.6 Å². The van der Waals surface area contributed by atoms with E-state index in [1.165, 1.54) is 29.0 Å². The number of nitrogens with zero attached hydrogens (tertiary/aromatic N) is 1. The van der Waals surface area contributed by atoms with Gasteiger partial charge >= 0.3 is 15.5 Å². The predicted molar refractivity (Wildman–Crippen MR) is 204 cm³/mol. The standard InChI is InChI=1S/C36H41ClF3N9O6S/c37-24-14-12-22(13-15-24)18-30(49-56(54,55)36(38,39)40)34(53)48-29(17-21-7-2-1-3-8-21)33(52)46-27(11-6-16-44-35(42)43)32(51)47-28(31(41)50)19-23-20-45-26-10-5-4-9-25(23)26/h1-5,7-10,12-15,20,27-30,45,49H,6,11,16-19H2,(H2,41,50)(H,46,52)(H,47,51)(H,48,53)(H4,42,43,44)/t27-,28-,29-,30-/m0/s1. The normalized spacial score (nSPS) is 13.9. The number of alkyl halides is 3. The fourth-order valence-electron chi connectivity index (χ4n) is 5.69. The molecule has 300 valence electrons. The molecule has 0 fully saturated rings. The number of rotatable bonds is 19. The zero-order valence-corrected chi connectivity index (χ0v) is 31.3. The monoisotopic (exact) mass is 819 g/mol. The van der Waals surface area contributed by atoms with Crippen molar-refractivity contribution >= 4 is 62.1 Å². The minimum Gasteiger partial charge on any atom is -0.370 e. The largest absolute Gasteiger partial charge is 0.511 e. The number of H-pyrrole nitrogens is 1. The fourth-order valence-corrected chi connectivity index (χ4v) is 6.51. The number of hydrogen-bond donors (Lipinski definition) is 8. The number of nitrogens with one attached hydrogen (secondary N) is 5. The number of carbonyl (C=O) groups excluding carboxylic acids is 4. The van der Waals surface area contributed by atoms with E-state index in [1.807, 2.05) is 18.2 Å². The molecule has 4 atom stereocenters. The van der Waals surface area contributed by atoms with Gasteiger partial charge in [-0.05, 0) is 54.2 Å². The molecule has 0 spiro atoms. The summed E-state index contributed by atoms with van der Waals surface area (Å²) in [5, 5.41) is 8.59. The Bertz CT molecular complexity index is 2130. The number of sulfonamides is 1. The smallest absolute Gasteiger partial charge is 0.370 e. The molecule has 0 aliphatic carbocycles. The lowest BCUT2D eigenvalue weighted by Gasteiger charge is -2.26. The number of aliphatic imine (C=N–C) groups is 1. The first-order valence-corrected chi connectivity index (χ1v) is 19.0. The lowest BCUT2D eigenvalue weighted by Crippen LogP contribution is -2.59. The van der Waals surface area contributed by atoms with E-state index in [-0.39, 0.29) is 48.8 Å². The summed E-state index contributed by atoms with van der Waals surface area (Å²) in [6, 6.07) is 14.9. The Morgan fingerprint density at radius 1 is 0.732 bits per heavy atom. The molecule has 20 heteroatoms. The number of guanidine groups is 1. The van der Waals surface area contributed by atoms with Crippen molar-refractivity contribution in [3.05, 3.63) is 107 Å². The maximum atomic E-state index is 14.0. The van der Waals surface area contributed by atoms with Crippen molar-refractivity contribution in [2.24, 2.45) is 22.2 Å². The number of carbonyl (C=O) groups is 4. The van der Waals surface area contributed by atoms with Gasteiger partial charge in [-0.3, -0.25) is 24.2 Å². The summed E-state index contributed by atoms with van der Waals surface area (Å²) in [5.74, 6) is -4.14. The number of halogens is 4. The van der Waals surface area contributed by atoms with Crippen LogP contribution in [0.5, 0.6) is 0 Å². The lowest BCUT2D eigenvalue weighted by molar-refractivity contribution is -0.133. The van der Waals surface area contributed by atoms with Crippen molar-refractivity contribution in [3.8, 4) is 0 Å². The van der Waals surface area contributed by atoms with Gasteiger partial charge in [0.1, 0.15) is 24.2 Å². The van der Waals surface area contributed by atoms with Crippen LogP contribution in [0.2, 0.25) is 5.02 Å². The number of hydrogen-bond acceptors (Lipinski definition) is 7. The molecule has 1 heterocycles. The average Bonchev–Trinajstić information content (AvgIpc) is 3.55. The Hall–Kier alpha value is -5.66. The van der Waals surface area contributed by atoms with Crippen LogP contribution in [0.4, 0.5) is 13.2 Å². The summed E-state index contributed by atoms with van der Waals surface area (Å²) in [7, 11) is -6.04. The number of nitrogens with two attached hydrogens (primary N) is 3. The van der Waals surface area contributed by atoms with Crippen LogP contribution in [-0.2, 0) is 48.5 Å². The Balaban J connectivity index is 1.61. The van der Waals surface area contributed by atoms with E-state index in [9.17, 15) is 40.8 Å². The fraction of sp³-hybridized carbons (Fsp3) is 0.306. The van der Waals surface area contributed by atoms with E-state index >= 15 is 0 Å². The minimum absolute atomic E-state index is 0.00468. The van der Waals surface area contributed by atoms with E-state index in [0.717, 1.165) is 10.9 Å². The summed E-state index contributed by atoms with van der Waals surface area (Å²) < 4.78 is 66.2. The molecule has 0 bridgehead atoms. The summed E-state index contributed by atoms with van der Waals surface area (Å²) in [5.41, 5.74) is 13.0. The van der Waals surface area contributed by atoms with Gasteiger partial charge in [0, 0.05) is 41.5 Å². The van der Waals surface area contributed by atoms with Crippen LogP contribution >= 0.6 is 11.6 Å². The van der Waals surface area contributed by atoms with Crippen molar-refractivity contribution < 1.29 is 40.8 Å². The number of aromatic amines is 1. The highest BCUT2D eigenvalue weighted by Gasteiger charge is 2.48. The minimum atomic E-state index is -6.04. The van der Waals surface area contributed by atoms with E-state index in [4.69, 9.17) is 28.8 Å². The lowest BCUT2D eigenvalue weighted by atomic mass is 10.0. The maximum Gasteiger partial charge on any atom is 0.511 e. The van der Waals surface area contributed by atoms with Crippen LogP contribution in [-0.4, -0.2) is 79.2 Å². The van der Waals surface area contributed by atoms with Crippen molar-refractivity contribution in [3.63, 3.8) is 0 Å². The predicted octanol–water partition coefficient (Wildman–Crippen LogP) is 1.65. The average molecular weight is 820 g/mol. The highest BCUT2D eigenvalue weighted by molar-refractivity contribution is 7.90. The molecule has 0 aliphatic rings. The number of aromatic nitrogens is 1. The number of benzene rings is 3. The third-order valence-electron chi connectivity index (χ3n) is 8.52. The number of primary amides is 1. The van der Waals surface area contributed by atoms with Crippen molar-refractivity contribution in [1.29, 1.82) is 0 Å². The third kappa shape index (κ3) is 12.4. The highest BCUT2D eigenvalue weighted by Crippen LogP contribution is 2.23. The van der Waals surface area contributed by atoms with Gasteiger partial charge in [0.2, 0.25) is 23.6 Å². The molecular formula is C36H41ClF3N9O6S. The SMILES string of the molecule is NC(=O)[C@H](Cc1c[nH]c2ccccc12)NC(=O)[C@H](CCCN=C(N)N)NC(=O)[C@H](Cc1ccccc1)NC(=O)[C@H](Cc1ccc(Cl)cc1)NS(=O)(=O)C(F)(F)F. The van der Waals surface area contributed by atoms with Crippen LogP contribution < -0.4 is 37.9 Å². The van der Waals surface area contributed by atoms with Gasteiger partial charge < -0.3 is 38.1 Å². The molecule has 4 rings (SSSR count).